The maximum Gasteiger partial charge on any atom is 0.286 e. The smallest absolute Gasteiger partial charge is 0.286 e. The average molecular weight is 494 g/mol. The highest BCUT2D eigenvalue weighted by atomic mass is 32.2. The lowest BCUT2D eigenvalue weighted by Gasteiger charge is -2.34. The van der Waals surface area contributed by atoms with E-state index in [1.807, 2.05) is 23.1 Å². The molecule has 2 aliphatic heterocycles. The molecule has 182 valence electrons. The molecule has 0 aliphatic carbocycles. The van der Waals surface area contributed by atoms with Gasteiger partial charge in [-0.25, -0.2) is 8.42 Å². The summed E-state index contributed by atoms with van der Waals surface area (Å²) in [5, 5.41) is 11.6. The van der Waals surface area contributed by atoms with Gasteiger partial charge < -0.3 is 10.0 Å². The van der Waals surface area contributed by atoms with Crippen LogP contribution in [0.25, 0.3) is 6.08 Å². The molecule has 9 heteroatoms. The second kappa shape index (κ2) is 9.07. The predicted octanol–water partition coefficient (Wildman–Crippen LogP) is 3.92. The normalized spacial score (nSPS) is 20.0. The Balaban J connectivity index is 1.84. The number of piperazine rings is 1. The number of carbonyl (C=O) groups excluding carboxylic acids is 1. The molecular weight excluding hydrogens is 458 g/mol. The zero-order valence-electron chi connectivity index (χ0n) is 20.6. The van der Waals surface area contributed by atoms with Gasteiger partial charge in [0.1, 0.15) is 5.75 Å². The standard InChI is InChI=1S/C24H35N3O4S2/c1-8-33(30,31)27-11-9-26(10-12-27)22-25-21(29)19(32-22)15-16-13-17(23(2,3)4)20(28)18(14-16)24(5,6)7/h13-15,28H,8-12H2,1-7H3/b19-15-. The zero-order valence-corrected chi connectivity index (χ0v) is 22.2. The van der Waals surface area contributed by atoms with Crippen molar-refractivity contribution in [1.82, 2.24) is 9.21 Å². The maximum absolute atomic E-state index is 12.7. The topological polar surface area (TPSA) is 90.3 Å². The van der Waals surface area contributed by atoms with Crippen LogP contribution >= 0.6 is 11.8 Å². The third-order valence-corrected chi connectivity index (χ3v) is 8.85. The lowest BCUT2D eigenvalue weighted by molar-refractivity contribution is -0.113. The van der Waals surface area contributed by atoms with Crippen molar-refractivity contribution >= 4 is 38.9 Å². The van der Waals surface area contributed by atoms with E-state index in [2.05, 4.69) is 46.5 Å². The van der Waals surface area contributed by atoms with Crippen molar-refractivity contribution < 1.29 is 18.3 Å². The highest BCUT2D eigenvalue weighted by molar-refractivity contribution is 8.18. The minimum absolute atomic E-state index is 0.0911. The van der Waals surface area contributed by atoms with Crippen LogP contribution in [0.1, 0.15) is 65.2 Å². The molecule has 33 heavy (non-hydrogen) atoms. The molecule has 0 atom stereocenters. The van der Waals surface area contributed by atoms with Crippen LogP contribution in [0.4, 0.5) is 0 Å². The van der Waals surface area contributed by atoms with E-state index in [0.29, 0.717) is 42.0 Å². The summed E-state index contributed by atoms with van der Waals surface area (Å²) < 4.78 is 25.7. The maximum atomic E-state index is 12.7. The van der Waals surface area contributed by atoms with Gasteiger partial charge in [-0.05, 0) is 53.3 Å². The van der Waals surface area contributed by atoms with Crippen LogP contribution in [0.2, 0.25) is 0 Å². The molecule has 1 N–H and O–H groups in total. The van der Waals surface area contributed by atoms with Gasteiger partial charge in [0.05, 0.1) is 10.7 Å². The molecule has 0 saturated carbocycles. The molecule has 2 heterocycles. The molecule has 1 saturated heterocycles. The van der Waals surface area contributed by atoms with E-state index in [0.717, 1.165) is 16.7 Å². The zero-order chi connectivity index (χ0) is 24.8. The molecule has 1 aromatic rings. The average Bonchev–Trinajstić information content (AvgIpc) is 3.08. The minimum atomic E-state index is -3.21. The van der Waals surface area contributed by atoms with Crippen molar-refractivity contribution in [2.75, 3.05) is 31.9 Å². The number of phenols is 1. The molecule has 0 unspecified atom stereocenters. The van der Waals surface area contributed by atoms with Crippen LogP contribution in [-0.2, 0) is 25.6 Å². The fraction of sp³-hybridized carbons (Fsp3) is 0.583. The second-order valence-electron chi connectivity index (χ2n) is 10.6. The summed E-state index contributed by atoms with van der Waals surface area (Å²) in [6.07, 6.45) is 1.84. The predicted molar refractivity (Wildman–Crippen MR) is 136 cm³/mol. The van der Waals surface area contributed by atoms with E-state index < -0.39 is 10.0 Å². The number of phenolic OH excluding ortho intramolecular Hbond substituents is 1. The Hall–Kier alpha value is -1.84. The van der Waals surface area contributed by atoms with Crippen molar-refractivity contribution in [3.63, 3.8) is 0 Å². The molecule has 7 nitrogen and oxygen atoms in total. The number of carbonyl (C=O) groups is 1. The van der Waals surface area contributed by atoms with Gasteiger partial charge >= 0.3 is 0 Å². The number of aliphatic imine (C=N–C) groups is 1. The first-order valence-electron chi connectivity index (χ1n) is 11.3. The Labute approximate surface area is 202 Å². The second-order valence-corrected chi connectivity index (χ2v) is 13.8. The van der Waals surface area contributed by atoms with E-state index in [1.165, 1.54) is 16.1 Å². The summed E-state index contributed by atoms with van der Waals surface area (Å²) in [5.74, 6) is 0.106. The molecule has 0 bridgehead atoms. The molecule has 0 spiro atoms. The lowest BCUT2D eigenvalue weighted by Crippen LogP contribution is -2.50. The van der Waals surface area contributed by atoms with Gasteiger partial charge in [-0.2, -0.15) is 9.30 Å². The number of rotatable bonds is 3. The number of aromatic hydroxyl groups is 1. The number of benzene rings is 1. The van der Waals surface area contributed by atoms with Gasteiger partial charge in [-0.1, -0.05) is 41.5 Å². The number of thioether (sulfide) groups is 1. The minimum Gasteiger partial charge on any atom is -0.507 e. The van der Waals surface area contributed by atoms with E-state index in [4.69, 9.17) is 0 Å². The van der Waals surface area contributed by atoms with Crippen LogP contribution in [0, 0.1) is 0 Å². The highest BCUT2D eigenvalue weighted by Gasteiger charge is 2.32. The molecule has 2 aliphatic rings. The fourth-order valence-corrected chi connectivity index (χ4v) is 5.96. The van der Waals surface area contributed by atoms with Crippen LogP contribution in [0.5, 0.6) is 5.75 Å². The largest absolute Gasteiger partial charge is 0.507 e. The monoisotopic (exact) mass is 493 g/mol. The van der Waals surface area contributed by atoms with E-state index >= 15 is 0 Å². The first kappa shape index (κ1) is 25.8. The SMILES string of the molecule is CCS(=O)(=O)N1CCN(C2=NC(=O)/C(=C/c3cc(C(C)(C)C)c(O)c(C(C)(C)C)c3)S2)CC1. The molecule has 1 fully saturated rings. The Morgan fingerprint density at radius 3 is 2.00 bits per heavy atom. The Bertz CT molecular complexity index is 1070. The molecule has 3 rings (SSSR count). The number of amidine groups is 1. The van der Waals surface area contributed by atoms with Crippen molar-refractivity contribution in [2.24, 2.45) is 4.99 Å². The van der Waals surface area contributed by atoms with Crippen LogP contribution < -0.4 is 0 Å². The molecule has 1 aromatic carbocycles. The fourth-order valence-electron chi connectivity index (χ4n) is 3.91. The van der Waals surface area contributed by atoms with Gasteiger partial charge in [0.15, 0.2) is 5.17 Å². The number of hydrogen-bond acceptors (Lipinski definition) is 6. The summed E-state index contributed by atoms with van der Waals surface area (Å²) in [5.41, 5.74) is 2.02. The van der Waals surface area contributed by atoms with Crippen molar-refractivity contribution in [2.45, 2.75) is 59.3 Å². The summed E-state index contributed by atoms with van der Waals surface area (Å²) >= 11 is 1.32. The van der Waals surface area contributed by atoms with Gasteiger partial charge in [0.2, 0.25) is 10.0 Å². The van der Waals surface area contributed by atoms with Crippen molar-refractivity contribution in [3.8, 4) is 5.75 Å². The highest BCUT2D eigenvalue weighted by Crippen LogP contribution is 2.41. The summed E-state index contributed by atoms with van der Waals surface area (Å²) in [7, 11) is -3.21. The molecule has 1 amide bonds. The number of nitrogens with zero attached hydrogens (tertiary/aromatic N) is 3. The summed E-state index contributed by atoms with van der Waals surface area (Å²) in [6, 6.07) is 3.88. The molecular formula is C24H35N3O4S2. The van der Waals surface area contributed by atoms with Gasteiger partial charge in [-0.3, -0.25) is 4.79 Å². The number of hydrogen-bond donors (Lipinski definition) is 1. The van der Waals surface area contributed by atoms with Gasteiger partial charge in [0.25, 0.3) is 5.91 Å². The number of amides is 1. The van der Waals surface area contributed by atoms with Crippen LogP contribution in [-0.4, -0.2) is 65.7 Å². The Morgan fingerprint density at radius 2 is 1.55 bits per heavy atom. The molecule has 0 radical (unpaired) electrons. The third kappa shape index (κ3) is 5.63. The Kier molecular flexibility index (Phi) is 7.09. The van der Waals surface area contributed by atoms with E-state index in [-0.39, 0.29) is 22.5 Å². The van der Waals surface area contributed by atoms with Crippen LogP contribution in [0.3, 0.4) is 0 Å². The third-order valence-electron chi connectivity index (χ3n) is 5.92. The quantitative estimate of drug-likeness (QED) is 0.642. The molecule has 0 aromatic heterocycles. The first-order chi connectivity index (χ1) is 15.1. The van der Waals surface area contributed by atoms with E-state index in [1.54, 1.807) is 6.92 Å². The van der Waals surface area contributed by atoms with E-state index in [9.17, 15) is 18.3 Å². The first-order valence-corrected chi connectivity index (χ1v) is 13.7. The van der Waals surface area contributed by atoms with Crippen LogP contribution in [0.15, 0.2) is 22.0 Å². The van der Waals surface area contributed by atoms with Crippen molar-refractivity contribution in [1.29, 1.82) is 0 Å². The van der Waals surface area contributed by atoms with Gasteiger partial charge in [0, 0.05) is 37.3 Å². The summed E-state index contributed by atoms with van der Waals surface area (Å²) in [4.78, 5) is 19.4. The lowest BCUT2D eigenvalue weighted by atomic mass is 9.78. The van der Waals surface area contributed by atoms with Gasteiger partial charge in [-0.15, -0.1) is 0 Å². The summed E-state index contributed by atoms with van der Waals surface area (Å²) in [6.45, 7) is 15.8. The number of sulfonamides is 1. The Morgan fingerprint density at radius 1 is 1.03 bits per heavy atom. The van der Waals surface area contributed by atoms with Crippen molar-refractivity contribution in [3.05, 3.63) is 33.7 Å².